The molecule has 0 aliphatic carbocycles. The van der Waals surface area contributed by atoms with E-state index in [0.29, 0.717) is 12.5 Å². The van der Waals surface area contributed by atoms with Gasteiger partial charge in [-0.3, -0.25) is 4.57 Å². The lowest BCUT2D eigenvalue weighted by atomic mass is 10.2. The molecule has 1 aromatic carbocycles. The highest BCUT2D eigenvalue weighted by atomic mass is 19.1. The lowest BCUT2D eigenvalue weighted by molar-refractivity contribution is 0.562. The van der Waals surface area contributed by atoms with Gasteiger partial charge in [0.15, 0.2) is 5.82 Å². The van der Waals surface area contributed by atoms with E-state index in [4.69, 9.17) is 5.26 Å². The van der Waals surface area contributed by atoms with Crippen LogP contribution in [0.5, 0.6) is 0 Å². The molecule has 0 fully saturated rings. The van der Waals surface area contributed by atoms with E-state index in [9.17, 15) is 13.6 Å². The van der Waals surface area contributed by atoms with Crippen LogP contribution in [0.25, 0.3) is 5.69 Å². The van der Waals surface area contributed by atoms with Gasteiger partial charge in [-0.05, 0) is 12.5 Å². The summed E-state index contributed by atoms with van der Waals surface area (Å²) in [6, 6.07) is 3.13. The third kappa shape index (κ3) is 1.98. The molecule has 8 heteroatoms. The monoisotopic (exact) mass is 291 g/mol. The van der Waals surface area contributed by atoms with Gasteiger partial charge in [0, 0.05) is 26.2 Å². The van der Waals surface area contributed by atoms with Crippen molar-refractivity contribution >= 4 is 5.95 Å². The number of benzene rings is 1. The van der Waals surface area contributed by atoms with Crippen molar-refractivity contribution in [3.8, 4) is 11.8 Å². The molecule has 1 aliphatic heterocycles. The molecule has 0 bridgehead atoms. The van der Waals surface area contributed by atoms with Crippen LogP contribution in [0.15, 0.2) is 16.9 Å². The molecule has 1 aliphatic rings. The number of aromatic nitrogens is 3. The fourth-order valence-corrected chi connectivity index (χ4v) is 2.37. The Labute approximate surface area is 118 Å². The minimum Gasteiger partial charge on any atom is -0.344 e. The number of nitriles is 1. The standard InChI is InChI=1S/C13H11F2N5O/c1-18-3-2-4-19-12(18)17-20(13(19)21)11-6-9(14)8(7-16)5-10(11)15/h5-6H,2-4H2,1H3. The van der Waals surface area contributed by atoms with Gasteiger partial charge in [-0.2, -0.15) is 9.94 Å². The minimum absolute atomic E-state index is 0.299. The van der Waals surface area contributed by atoms with E-state index in [2.05, 4.69) is 5.10 Å². The molecule has 0 saturated carbocycles. The molecule has 0 atom stereocenters. The van der Waals surface area contributed by atoms with Crippen LogP contribution in [-0.4, -0.2) is 27.9 Å². The highest BCUT2D eigenvalue weighted by Crippen LogP contribution is 2.19. The molecular formula is C13H11F2N5O. The summed E-state index contributed by atoms with van der Waals surface area (Å²) >= 11 is 0. The summed E-state index contributed by atoms with van der Waals surface area (Å²) in [5.74, 6) is -1.34. The van der Waals surface area contributed by atoms with Gasteiger partial charge in [-0.15, -0.1) is 5.10 Å². The maximum Gasteiger partial charge on any atom is 0.352 e. The molecule has 0 N–H and O–H groups in total. The highest BCUT2D eigenvalue weighted by Gasteiger charge is 2.23. The van der Waals surface area contributed by atoms with E-state index in [-0.39, 0.29) is 5.69 Å². The average molecular weight is 291 g/mol. The van der Waals surface area contributed by atoms with Crippen molar-refractivity contribution in [3.05, 3.63) is 39.8 Å². The van der Waals surface area contributed by atoms with Gasteiger partial charge < -0.3 is 4.90 Å². The maximum atomic E-state index is 14.0. The summed E-state index contributed by atoms with van der Waals surface area (Å²) in [5.41, 5.74) is -1.24. The molecule has 6 nitrogen and oxygen atoms in total. The molecule has 0 spiro atoms. The minimum atomic E-state index is -0.889. The van der Waals surface area contributed by atoms with E-state index in [0.717, 1.165) is 29.8 Å². The van der Waals surface area contributed by atoms with Gasteiger partial charge >= 0.3 is 5.69 Å². The molecule has 0 unspecified atom stereocenters. The van der Waals surface area contributed by atoms with Crippen molar-refractivity contribution in [1.29, 1.82) is 5.26 Å². The van der Waals surface area contributed by atoms with E-state index in [1.807, 2.05) is 0 Å². The largest absolute Gasteiger partial charge is 0.352 e. The van der Waals surface area contributed by atoms with E-state index >= 15 is 0 Å². The Morgan fingerprint density at radius 3 is 2.71 bits per heavy atom. The number of hydrogen-bond acceptors (Lipinski definition) is 4. The zero-order valence-corrected chi connectivity index (χ0v) is 11.2. The summed E-state index contributed by atoms with van der Waals surface area (Å²) in [6.07, 6.45) is 0.777. The second-order valence-electron chi connectivity index (χ2n) is 4.82. The summed E-state index contributed by atoms with van der Waals surface area (Å²) in [6.45, 7) is 1.22. The Morgan fingerprint density at radius 2 is 2.05 bits per heavy atom. The fourth-order valence-electron chi connectivity index (χ4n) is 2.37. The molecule has 108 valence electrons. The van der Waals surface area contributed by atoms with E-state index in [1.165, 1.54) is 4.57 Å². The smallest absolute Gasteiger partial charge is 0.344 e. The van der Waals surface area contributed by atoms with Crippen LogP contribution >= 0.6 is 0 Å². The molecule has 0 radical (unpaired) electrons. The van der Waals surface area contributed by atoms with Crippen LogP contribution in [0.4, 0.5) is 14.7 Å². The molecule has 0 saturated heterocycles. The Bertz CT molecular complexity index is 817. The number of anilines is 1. The Balaban J connectivity index is 2.21. The first-order valence-electron chi connectivity index (χ1n) is 6.33. The maximum absolute atomic E-state index is 14.0. The van der Waals surface area contributed by atoms with Gasteiger partial charge in [-0.1, -0.05) is 0 Å². The SMILES string of the molecule is CN1CCCn2c1nn(-c1cc(F)c(C#N)cc1F)c2=O. The van der Waals surface area contributed by atoms with Gasteiger partial charge in [0.25, 0.3) is 0 Å². The summed E-state index contributed by atoms with van der Waals surface area (Å²) in [5, 5.41) is 12.7. The lowest BCUT2D eigenvalue weighted by Gasteiger charge is -2.22. The van der Waals surface area contributed by atoms with E-state index in [1.54, 1.807) is 18.0 Å². The Hall–Kier alpha value is -2.69. The Kier molecular flexibility index (Phi) is 2.97. The third-order valence-electron chi connectivity index (χ3n) is 3.44. The van der Waals surface area contributed by atoms with Crippen molar-refractivity contribution < 1.29 is 8.78 Å². The van der Waals surface area contributed by atoms with Gasteiger partial charge in [0.1, 0.15) is 17.6 Å². The second-order valence-corrected chi connectivity index (χ2v) is 4.82. The fraction of sp³-hybridized carbons (Fsp3) is 0.308. The second kappa shape index (κ2) is 4.70. The van der Waals surface area contributed by atoms with Gasteiger partial charge in [0.05, 0.1) is 5.56 Å². The lowest BCUT2D eigenvalue weighted by Crippen LogP contribution is -2.33. The van der Waals surface area contributed by atoms with Crippen molar-refractivity contribution in [3.63, 3.8) is 0 Å². The zero-order valence-electron chi connectivity index (χ0n) is 11.2. The molecule has 21 heavy (non-hydrogen) atoms. The number of hydrogen-bond donors (Lipinski definition) is 0. The van der Waals surface area contributed by atoms with E-state index < -0.39 is 22.9 Å². The molecule has 1 aromatic heterocycles. The predicted molar refractivity (Wildman–Crippen MR) is 70.3 cm³/mol. The van der Waals surface area contributed by atoms with Gasteiger partial charge in [0.2, 0.25) is 5.95 Å². The highest BCUT2D eigenvalue weighted by molar-refractivity contribution is 5.42. The topological polar surface area (TPSA) is 66.8 Å². The Morgan fingerprint density at radius 1 is 1.29 bits per heavy atom. The first-order valence-corrected chi connectivity index (χ1v) is 6.33. The number of fused-ring (bicyclic) bond motifs is 1. The molecular weight excluding hydrogens is 280 g/mol. The number of rotatable bonds is 1. The first kappa shape index (κ1) is 13.3. The summed E-state index contributed by atoms with van der Waals surface area (Å²) in [4.78, 5) is 14.0. The molecule has 2 heterocycles. The third-order valence-corrected chi connectivity index (χ3v) is 3.44. The van der Waals surface area contributed by atoms with Crippen LogP contribution < -0.4 is 10.6 Å². The number of nitrogens with zero attached hydrogens (tertiary/aromatic N) is 5. The quantitative estimate of drug-likeness (QED) is 0.787. The predicted octanol–water partition coefficient (Wildman–Crippen LogP) is 1.02. The van der Waals surface area contributed by atoms with Crippen molar-refractivity contribution in [2.45, 2.75) is 13.0 Å². The van der Waals surface area contributed by atoms with Crippen LogP contribution in [0.2, 0.25) is 0 Å². The normalized spacial score (nSPS) is 13.9. The first-order chi connectivity index (χ1) is 10.0. The van der Waals surface area contributed by atoms with Crippen molar-refractivity contribution in [2.75, 3.05) is 18.5 Å². The van der Waals surface area contributed by atoms with Crippen LogP contribution in [0.1, 0.15) is 12.0 Å². The summed E-state index contributed by atoms with van der Waals surface area (Å²) < 4.78 is 29.9. The zero-order chi connectivity index (χ0) is 15.1. The van der Waals surface area contributed by atoms with Crippen LogP contribution in [-0.2, 0) is 6.54 Å². The molecule has 0 amide bonds. The van der Waals surface area contributed by atoms with Crippen LogP contribution in [0.3, 0.4) is 0 Å². The van der Waals surface area contributed by atoms with Gasteiger partial charge in [-0.25, -0.2) is 13.6 Å². The molecule has 2 aromatic rings. The van der Waals surface area contributed by atoms with Crippen LogP contribution in [0, 0.1) is 23.0 Å². The molecule has 3 rings (SSSR count). The van der Waals surface area contributed by atoms with Crippen molar-refractivity contribution in [2.24, 2.45) is 0 Å². The average Bonchev–Trinajstić information content (AvgIpc) is 2.80. The number of halogens is 2. The summed E-state index contributed by atoms with van der Waals surface area (Å²) in [7, 11) is 1.78. The van der Waals surface area contributed by atoms with Crippen molar-refractivity contribution in [1.82, 2.24) is 14.3 Å².